The number of hydrogen-bond acceptors (Lipinski definition) is 4. The largest absolute Gasteiger partial charge is 0.309 e. The van der Waals surface area contributed by atoms with Crippen LogP contribution in [0.2, 0.25) is 0 Å². The van der Waals surface area contributed by atoms with Gasteiger partial charge in [0.2, 0.25) is 0 Å². The van der Waals surface area contributed by atoms with E-state index in [1.165, 1.54) is 48.7 Å². The lowest BCUT2D eigenvalue weighted by Gasteiger charge is -2.13. The van der Waals surface area contributed by atoms with Gasteiger partial charge in [-0.1, -0.05) is 340 Å². The maximum atomic E-state index is 5.34. The van der Waals surface area contributed by atoms with Gasteiger partial charge in [0.1, 0.15) is 17.5 Å². The van der Waals surface area contributed by atoms with Gasteiger partial charge in [0.25, 0.3) is 0 Å². The fraction of sp³-hybridized carbons (Fsp3) is 0. The van der Waals surface area contributed by atoms with Gasteiger partial charge in [0, 0.05) is 70.9 Å². The average molecular weight is 1580 g/mol. The van der Waals surface area contributed by atoms with Gasteiger partial charge in [0.15, 0.2) is 0 Å². The van der Waals surface area contributed by atoms with Crippen molar-refractivity contribution in [3.63, 3.8) is 0 Å². The Morgan fingerprint density at radius 1 is 0.121 bits per heavy atom. The van der Waals surface area contributed by atoms with Gasteiger partial charge in [-0.2, -0.15) is 0 Å². The summed E-state index contributed by atoms with van der Waals surface area (Å²) in [4.78, 5) is 21.2. The summed E-state index contributed by atoms with van der Waals surface area (Å²) in [5, 5.41) is 9.54. The highest BCUT2D eigenvalue weighted by atomic mass is 15.1. The number of nitrogens with zero attached hydrogens (tertiary/aromatic N) is 8. The van der Waals surface area contributed by atoms with Crippen LogP contribution in [0.4, 0.5) is 0 Å². The first kappa shape index (κ1) is 72.5. The molecule has 0 radical (unpaired) electrons. The van der Waals surface area contributed by atoms with E-state index in [2.05, 4.69) is 479 Å². The van der Waals surface area contributed by atoms with Gasteiger partial charge in [-0.15, -0.1) is 0 Å². The van der Waals surface area contributed by atoms with Crippen LogP contribution in [0, 0.1) is 0 Å². The number of benzene rings is 16. The number of fused-ring (bicyclic) bond motifs is 12. The molecule has 0 bridgehead atoms. The van der Waals surface area contributed by atoms with Crippen LogP contribution < -0.4 is 0 Å². The molecule has 16 aromatic carbocycles. The van der Waals surface area contributed by atoms with E-state index >= 15 is 0 Å². The molecule has 124 heavy (non-hydrogen) atoms. The van der Waals surface area contributed by atoms with E-state index in [1.54, 1.807) is 0 Å². The number of hydrogen-bond donors (Lipinski definition) is 0. The molecule has 8 heteroatoms. The highest BCUT2D eigenvalue weighted by Crippen LogP contribution is 2.44. The van der Waals surface area contributed by atoms with Crippen molar-refractivity contribution < 1.29 is 0 Å². The molecule has 0 fully saturated rings. The Kier molecular flexibility index (Phi) is 18.1. The number of rotatable bonds is 14. The molecule has 8 aromatic heterocycles. The van der Waals surface area contributed by atoms with Crippen molar-refractivity contribution in [2.45, 2.75) is 0 Å². The Balaban J connectivity index is 0.000000143. The Bertz CT molecular complexity index is 6980. The van der Waals surface area contributed by atoms with Gasteiger partial charge in [-0.25, -0.2) is 19.9 Å². The molecule has 0 spiro atoms. The van der Waals surface area contributed by atoms with Crippen molar-refractivity contribution in [2.75, 3.05) is 0 Å². The molecule has 0 saturated heterocycles. The van der Waals surface area contributed by atoms with Crippen LogP contribution in [-0.2, 0) is 0 Å². The minimum atomic E-state index is 0.888. The van der Waals surface area contributed by atoms with Crippen molar-refractivity contribution in [3.8, 4) is 135 Å². The first-order valence-electron chi connectivity index (χ1n) is 42.1. The maximum absolute atomic E-state index is 5.34. The molecule has 0 saturated carbocycles. The third-order valence-electron chi connectivity index (χ3n) is 24.2. The van der Waals surface area contributed by atoms with Crippen molar-refractivity contribution >= 4 is 87.2 Å². The van der Waals surface area contributed by atoms with Crippen LogP contribution >= 0.6 is 0 Å². The van der Waals surface area contributed by atoms with Crippen LogP contribution in [0.3, 0.4) is 0 Å². The molecule has 24 rings (SSSR count). The summed E-state index contributed by atoms with van der Waals surface area (Å²) in [5.41, 5.74) is 31.7. The molecule has 8 heterocycles. The smallest absolute Gasteiger partial charge is 0.138 e. The third kappa shape index (κ3) is 13.1. The lowest BCUT2D eigenvalue weighted by atomic mass is 10.0. The molecule has 0 unspecified atom stereocenters. The molecule has 0 aliphatic rings. The molecule has 0 aliphatic heterocycles. The summed E-state index contributed by atoms with van der Waals surface area (Å²) in [7, 11) is 0. The number of para-hydroxylation sites is 4. The highest BCUT2D eigenvalue weighted by Gasteiger charge is 2.24. The Morgan fingerprint density at radius 2 is 0.323 bits per heavy atom. The van der Waals surface area contributed by atoms with Crippen LogP contribution in [-0.4, -0.2) is 38.2 Å². The molecule has 580 valence electrons. The van der Waals surface area contributed by atoms with E-state index in [0.717, 1.165) is 174 Å². The van der Waals surface area contributed by atoms with Gasteiger partial charge >= 0.3 is 0 Å². The first-order chi connectivity index (χ1) is 61.5. The molecular weight excluding hydrogens is 1510 g/mol. The number of pyridine rings is 4. The minimum absolute atomic E-state index is 0.888. The van der Waals surface area contributed by atoms with Crippen LogP contribution in [0.15, 0.2) is 461 Å². The zero-order chi connectivity index (χ0) is 82.0. The quantitative estimate of drug-likeness (QED) is 0.109. The monoisotopic (exact) mass is 1580 g/mol. The second-order valence-corrected chi connectivity index (χ2v) is 31.7. The van der Waals surface area contributed by atoms with Gasteiger partial charge in [-0.05, 0) is 177 Å². The van der Waals surface area contributed by atoms with E-state index in [-0.39, 0.29) is 0 Å². The lowest BCUT2D eigenvalue weighted by molar-refractivity contribution is 1.08. The van der Waals surface area contributed by atoms with E-state index in [0.29, 0.717) is 0 Å². The second-order valence-electron chi connectivity index (χ2n) is 31.7. The Morgan fingerprint density at radius 3 is 0.581 bits per heavy atom. The van der Waals surface area contributed by atoms with Crippen molar-refractivity contribution in [2.24, 2.45) is 0 Å². The average Bonchev–Trinajstić information content (AvgIpc) is 1.59. The van der Waals surface area contributed by atoms with E-state index in [1.807, 2.05) is 0 Å². The summed E-state index contributed by atoms with van der Waals surface area (Å²) in [6.07, 6.45) is 0. The minimum Gasteiger partial charge on any atom is -0.309 e. The zero-order valence-corrected chi connectivity index (χ0v) is 67.5. The van der Waals surface area contributed by atoms with E-state index in [4.69, 9.17) is 19.9 Å². The lowest BCUT2D eigenvalue weighted by Crippen LogP contribution is -2.00. The maximum Gasteiger partial charge on any atom is 0.138 e. The van der Waals surface area contributed by atoms with Crippen molar-refractivity contribution in [1.82, 2.24) is 38.2 Å². The SMILES string of the molecule is c1ccc(-c2cc(-c3ccccc3)nc(-n3c4ccccc4c4cc(-c5ccc6c(c5)c5ccccc5n6-c5cc(-c6ccccc6)cc(-c6ccccc6)n5)ccc43)c2)cc1.c1ccc(-c2cc(-c3ccccc3)nc(-n3c4ccccc4c4cc(-c5ccc6c(c5)c5ccccc5n6-c5cc(-c6ccccc6)nc(-c6ccccc6)c5)ccc43)c2)cc1. The fourth-order valence-corrected chi connectivity index (χ4v) is 18.3. The van der Waals surface area contributed by atoms with Crippen LogP contribution in [0.1, 0.15) is 0 Å². The molecule has 0 atom stereocenters. The topological polar surface area (TPSA) is 71.3 Å². The predicted octanol–water partition coefficient (Wildman–Crippen LogP) is 30.0. The summed E-state index contributed by atoms with van der Waals surface area (Å²) < 4.78 is 9.37. The first-order valence-corrected chi connectivity index (χ1v) is 42.1. The standard InChI is InChI=1S/2C58H38N4/c1-5-17-39(18-6-1)45-35-51(41-21-9-3-10-22-41)59-57(37-45)61-53-27-15-13-25-47(53)49-33-43(29-31-55(49)61)44-30-32-56-50(34-44)48-26-14-16-28-54(48)62(56)58-38-46(40-19-7-2-8-20-40)36-52(60-58)42-23-11-4-12-24-42;1-5-17-39(18-6-1)45-35-51(40-19-7-2-8-20-40)60-58(36-45)62-55-28-16-14-26-48(55)50-34-44(30-32-57(50)62)43-29-31-56-49(33-43)47-25-13-15-27-54(47)61(56)46-37-52(41-21-9-3-10-22-41)59-53(38-46)42-23-11-4-12-24-42/h2*1-38H. The zero-order valence-electron chi connectivity index (χ0n) is 67.5. The van der Waals surface area contributed by atoms with E-state index < -0.39 is 0 Å². The van der Waals surface area contributed by atoms with Gasteiger partial charge in [0.05, 0.1) is 78.3 Å². The van der Waals surface area contributed by atoms with E-state index in [9.17, 15) is 0 Å². The summed E-state index contributed by atoms with van der Waals surface area (Å²) in [6.45, 7) is 0. The van der Waals surface area contributed by atoms with Crippen molar-refractivity contribution in [3.05, 3.63) is 461 Å². The fourth-order valence-electron chi connectivity index (χ4n) is 18.3. The third-order valence-corrected chi connectivity index (χ3v) is 24.2. The van der Waals surface area contributed by atoms with Crippen molar-refractivity contribution in [1.29, 1.82) is 0 Å². The Labute approximate surface area is 716 Å². The van der Waals surface area contributed by atoms with Gasteiger partial charge < -0.3 is 4.57 Å². The predicted molar refractivity (Wildman–Crippen MR) is 516 cm³/mol. The van der Waals surface area contributed by atoms with Crippen LogP contribution in [0.5, 0.6) is 0 Å². The normalized spacial score (nSPS) is 11.5. The molecular formula is C116H76N8. The second kappa shape index (κ2) is 30.9. The Hall–Kier alpha value is -16.7. The molecule has 0 amide bonds. The van der Waals surface area contributed by atoms with Gasteiger partial charge in [-0.3, -0.25) is 13.7 Å². The highest BCUT2D eigenvalue weighted by molar-refractivity contribution is 6.15. The summed E-state index contributed by atoms with van der Waals surface area (Å²) >= 11 is 0. The molecule has 24 aromatic rings. The number of aromatic nitrogens is 8. The summed E-state index contributed by atoms with van der Waals surface area (Å²) in [6, 6.07) is 164. The summed E-state index contributed by atoms with van der Waals surface area (Å²) in [5.74, 6) is 2.66. The molecule has 0 aliphatic carbocycles. The molecule has 0 N–H and O–H groups in total. The molecule has 8 nitrogen and oxygen atoms in total. The van der Waals surface area contributed by atoms with Crippen LogP contribution in [0.25, 0.3) is 222 Å².